The predicted molar refractivity (Wildman–Crippen MR) is 118 cm³/mol. The first kappa shape index (κ1) is 18.4. The summed E-state index contributed by atoms with van der Waals surface area (Å²) in [6.07, 6.45) is 6.86. The topological polar surface area (TPSA) is 19.0 Å². The molecule has 0 aliphatic carbocycles. The number of hydrogen-bond donors (Lipinski definition) is 1. The SMILES string of the molecule is CC(C)N1CC=C(c2c[nH]c3ccc(SCCc4ccccc4)cc23)CC1. The van der Waals surface area contributed by atoms with Crippen molar-refractivity contribution >= 4 is 28.2 Å². The summed E-state index contributed by atoms with van der Waals surface area (Å²) in [5.41, 5.74) is 5.53. The van der Waals surface area contributed by atoms with Crippen LogP contribution in [0.25, 0.3) is 16.5 Å². The Morgan fingerprint density at radius 3 is 2.70 bits per heavy atom. The van der Waals surface area contributed by atoms with Crippen LogP contribution in [0.3, 0.4) is 0 Å². The van der Waals surface area contributed by atoms with Gasteiger partial charge >= 0.3 is 0 Å². The average molecular weight is 377 g/mol. The molecule has 2 aromatic carbocycles. The van der Waals surface area contributed by atoms with Crippen LogP contribution in [0.1, 0.15) is 31.4 Å². The lowest BCUT2D eigenvalue weighted by atomic mass is 9.98. The first-order valence-electron chi connectivity index (χ1n) is 9.92. The molecule has 0 saturated carbocycles. The van der Waals surface area contributed by atoms with Crippen LogP contribution in [0.15, 0.2) is 65.7 Å². The van der Waals surface area contributed by atoms with Crippen LogP contribution in [-0.2, 0) is 6.42 Å². The highest BCUT2D eigenvalue weighted by molar-refractivity contribution is 7.99. The van der Waals surface area contributed by atoms with Crippen LogP contribution < -0.4 is 0 Å². The maximum atomic E-state index is 3.46. The number of aryl methyl sites for hydroxylation is 1. The van der Waals surface area contributed by atoms with Gasteiger partial charge in [-0.1, -0.05) is 36.4 Å². The molecule has 3 heteroatoms. The summed E-state index contributed by atoms with van der Waals surface area (Å²) < 4.78 is 0. The summed E-state index contributed by atoms with van der Waals surface area (Å²) in [7, 11) is 0. The average Bonchev–Trinajstić information content (AvgIpc) is 3.12. The van der Waals surface area contributed by atoms with E-state index >= 15 is 0 Å². The Labute approximate surface area is 166 Å². The van der Waals surface area contributed by atoms with E-state index in [1.54, 1.807) is 0 Å². The van der Waals surface area contributed by atoms with Gasteiger partial charge in [-0.25, -0.2) is 0 Å². The molecule has 0 bridgehead atoms. The standard InChI is InChI=1S/C24H28N2S/c1-18(2)26-13-10-20(11-14-26)23-17-25-24-9-8-21(16-22(23)24)27-15-12-19-6-4-3-5-7-19/h3-10,16-18,25H,11-15H2,1-2H3. The van der Waals surface area contributed by atoms with Crippen molar-refractivity contribution in [1.29, 1.82) is 0 Å². The smallest absolute Gasteiger partial charge is 0.0461 e. The highest BCUT2D eigenvalue weighted by Gasteiger charge is 2.17. The fraction of sp³-hybridized carbons (Fsp3) is 0.333. The fourth-order valence-corrected chi connectivity index (χ4v) is 4.72. The Morgan fingerprint density at radius 2 is 1.96 bits per heavy atom. The number of thioether (sulfide) groups is 1. The van der Waals surface area contributed by atoms with Crippen LogP contribution in [0.5, 0.6) is 0 Å². The maximum Gasteiger partial charge on any atom is 0.0461 e. The second-order valence-electron chi connectivity index (χ2n) is 7.56. The molecule has 0 unspecified atom stereocenters. The molecule has 2 nitrogen and oxygen atoms in total. The zero-order valence-corrected chi connectivity index (χ0v) is 17.1. The lowest BCUT2D eigenvalue weighted by Crippen LogP contribution is -2.34. The molecule has 27 heavy (non-hydrogen) atoms. The number of aromatic amines is 1. The van der Waals surface area contributed by atoms with Crippen LogP contribution in [0.2, 0.25) is 0 Å². The molecule has 0 amide bonds. The number of nitrogens with zero attached hydrogens (tertiary/aromatic N) is 1. The number of benzene rings is 2. The van der Waals surface area contributed by atoms with Crippen molar-refractivity contribution in [3.8, 4) is 0 Å². The van der Waals surface area contributed by atoms with Gasteiger partial charge in [0.05, 0.1) is 0 Å². The third kappa shape index (κ3) is 4.31. The van der Waals surface area contributed by atoms with E-state index in [9.17, 15) is 0 Å². The summed E-state index contributed by atoms with van der Waals surface area (Å²) in [5.74, 6) is 1.11. The van der Waals surface area contributed by atoms with Crippen LogP contribution >= 0.6 is 11.8 Å². The molecule has 0 atom stereocenters. The third-order valence-corrected chi connectivity index (χ3v) is 6.47. The largest absolute Gasteiger partial charge is 0.361 e. The van der Waals surface area contributed by atoms with Crippen LogP contribution in [-0.4, -0.2) is 34.8 Å². The molecule has 0 spiro atoms. The van der Waals surface area contributed by atoms with Gasteiger partial charge in [0.2, 0.25) is 0 Å². The van der Waals surface area contributed by atoms with E-state index in [0.717, 1.165) is 31.7 Å². The van der Waals surface area contributed by atoms with Crippen molar-refractivity contribution in [2.24, 2.45) is 0 Å². The number of hydrogen-bond acceptors (Lipinski definition) is 2. The minimum atomic E-state index is 0.624. The van der Waals surface area contributed by atoms with E-state index in [-0.39, 0.29) is 0 Å². The number of aromatic nitrogens is 1. The molecule has 4 rings (SSSR count). The first-order valence-corrected chi connectivity index (χ1v) is 10.9. The number of nitrogens with one attached hydrogen (secondary N) is 1. The van der Waals surface area contributed by atoms with Gasteiger partial charge in [0, 0.05) is 52.4 Å². The summed E-state index contributed by atoms with van der Waals surface area (Å²) in [4.78, 5) is 7.36. The van der Waals surface area contributed by atoms with E-state index in [0.29, 0.717) is 6.04 Å². The number of rotatable bonds is 6. The van der Waals surface area contributed by atoms with Gasteiger partial charge in [-0.15, -0.1) is 11.8 Å². The number of H-pyrrole nitrogens is 1. The highest BCUT2D eigenvalue weighted by Crippen LogP contribution is 2.32. The summed E-state index contributed by atoms with van der Waals surface area (Å²) in [6, 6.07) is 18.2. The Balaban J connectivity index is 1.48. The van der Waals surface area contributed by atoms with Crippen LogP contribution in [0, 0.1) is 0 Å². The van der Waals surface area contributed by atoms with E-state index in [2.05, 4.69) is 84.5 Å². The molecule has 1 aromatic heterocycles. The molecular weight excluding hydrogens is 348 g/mol. The molecule has 1 N–H and O–H groups in total. The van der Waals surface area contributed by atoms with E-state index in [1.807, 2.05) is 11.8 Å². The zero-order chi connectivity index (χ0) is 18.6. The minimum Gasteiger partial charge on any atom is -0.361 e. The van der Waals surface area contributed by atoms with Gasteiger partial charge in [0.1, 0.15) is 0 Å². The Morgan fingerprint density at radius 1 is 1.11 bits per heavy atom. The predicted octanol–water partition coefficient (Wildman–Crippen LogP) is 6.00. The van der Waals surface area contributed by atoms with Crippen molar-refractivity contribution < 1.29 is 0 Å². The monoisotopic (exact) mass is 376 g/mol. The lowest BCUT2D eigenvalue weighted by molar-refractivity contribution is 0.245. The van der Waals surface area contributed by atoms with Crippen molar-refractivity contribution in [3.63, 3.8) is 0 Å². The molecule has 140 valence electrons. The molecule has 0 fully saturated rings. The molecular formula is C24H28N2S. The number of fused-ring (bicyclic) bond motifs is 1. The molecule has 0 radical (unpaired) electrons. The highest BCUT2D eigenvalue weighted by atomic mass is 32.2. The van der Waals surface area contributed by atoms with Gasteiger partial charge < -0.3 is 4.98 Å². The van der Waals surface area contributed by atoms with Gasteiger partial charge in [-0.3, -0.25) is 4.90 Å². The molecule has 0 saturated heterocycles. The van der Waals surface area contributed by atoms with Crippen LogP contribution in [0.4, 0.5) is 0 Å². The molecule has 2 heterocycles. The minimum absolute atomic E-state index is 0.624. The molecule has 1 aliphatic rings. The quantitative estimate of drug-likeness (QED) is 0.532. The molecule has 3 aromatic rings. The van der Waals surface area contributed by atoms with Gasteiger partial charge in [0.25, 0.3) is 0 Å². The van der Waals surface area contributed by atoms with E-state index < -0.39 is 0 Å². The Kier molecular flexibility index (Phi) is 5.70. The normalized spacial score (nSPS) is 15.4. The Hall–Kier alpha value is -1.97. The van der Waals surface area contributed by atoms with Gasteiger partial charge in [-0.05, 0) is 56.0 Å². The van der Waals surface area contributed by atoms with E-state index in [4.69, 9.17) is 0 Å². The maximum absolute atomic E-state index is 3.46. The second-order valence-corrected chi connectivity index (χ2v) is 8.73. The first-order chi connectivity index (χ1) is 13.2. The summed E-state index contributed by atoms with van der Waals surface area (Å²) >= 11 is 1.95. The second kappa shape index (κ2) is 8.37. The summed E-state index contributed by atoms with van der Waals surface area (Å²) in [5, 5.41) is 1.36. The zero-order valence-electron chi connectivity index (χ0n) is 16.2. The summed E-state index contributed by atoms with van der Waals surface area (Å²) in [6.45, 7) is 6.78. The Bertz CT molecular complexity index is 924. The van der Waals surface area contributed by atoms with Gasteiger partial charge in [-0.2, -0.15) is 0 Å². The van der Waals surface area contributed by atoms with Crippen molar-refractivity contribution in [3.05, 3.63) is 71.9 Å². The van der Waals surface area contributed by atoms with Crippen molar-refractivity contribution in [1.82, 2.24) is 9.88 Å². The fourth-order valence-electron chi connectivity index (χ4n) is 3.79. The van der Waals surface area contributed by atoms with Gasteiger partial charge in [0.15, 0.2) is 0 Å². The van der Waals surface area contributed by atoms with Crippen molar-refractivity contribution in [2.75, 3.05) is 18.8 Å². The molecule has 1 aliphatic heterocycles. The lowest BCUT2D eigenvalue weighted by Gasteiger charge is -2.29. The third-order valence-electron chi connectivity index (χ3n) is 5.47. The van der Waals surface area contributed by atoms with E-state index in [1.165, 1.54) is 32.5 Å². The van der Waals surface area contributed by atoms with Crippen molar-refractivity contribution in [2.45, 2.75) is 37.6 Å².